The van der Waals surface area contributed by atoms with Crippen LogP contribution in [0.3, 0.4) is 0 Å². The molecular weight excluding hydrogens is 266 g/mol. The van der Waals surface area contributed by atoms with Crippen molar-refractivity contribution in [1.82, 2.24) is 9.88 Å². The Morgan fingerprint density at radius 1 is 1.38 bits per heavy atom. The Balaban J connectivity index is 1.66. The first-order valence-electron chi connectivity index (χ1n) is 7.04. The van der Waals surface area contributed by atoms with E-state index in [1.165, 1.54) is 0 Å². The van der Waals surface area contributed by atoms with E-state index in [2.05, 4.69) is 11.1 Å². The number of hydrogen-bond acceptors (Lipinski definition) is 3. The van der Waals surface area contributed by atoms with Gasteiger partial charge in [-0.05, 0) is 24.1 Å². The molecule has 1 unspecified atom stereocenters. The lowest BCUT2D eigenvalue weighted by Crippen LogP contribution is -2.30. The van der Waals surface area contributed by atoms with Gasteiger partial charge in [0.1, 0.15) is 0 Å². The monoisotopic (exact) mass is 283 g/mol. The molecule has 1 aliphatic heterocycles. The number of pyridine rings is 1. The molecule has 1 saturated heterocycles. The number of aromatic nitrogens is 1. The van der Waals surface area contributed by atoms with Crippen LogP contribution in [0.15, 0.2) is 36.5 Å². The minimum absolute atomic E-state index is 0.00699. The maximum atomic E-state index is 11.8. The number of amides is 2. The van der Waals surface area contributed by atoms with Crippen LogP contribution in [0.2, 0.25) is 0 Å². The summed E-state index contributed by atoms with van der Waals surface area (Å²) in [4.78, 5) is 29.1. The highest BCUT2D eigenvalue weighted by Crippen LogP contribution is 2.18. The molecule has 0 bridgehead atoms. The van der Waals surface area contributed by atoms with E-state index in [1.807, 2.05) is 30.5 Å². The van der Waals surface area contributed by atoms with Crippen molar-refractivity contribution < 1.29 is 9.59 Å². The molecule has 2 amide bonds. The lowest BCUT2D eigenvalue weighted by atomic mass is 10.1. The summed E-state index contributed by atoms with van der Waals surface area (Å²) in [5.74, 6) is -0.724. The lowest BCUT2D eigenvalue weighted by Gasteiger charge is -2.16. The molecule has 5 nitrogen and oxygen atoms in total. The van der Waals surface area contributed by atoms with Crippen molar-refractivity contribution in [2.45, 2.75) is 12.8 Å². The zero-order valence-corrected chi connectivity index (χ0v) is 11.7. The van der Waals surface area contributed by atoms with Crippen molar-refractivity contribution in [1.29, 1.82) is 0 Å². The van der Waals surface area contributed by atoms with E-state index in [0.29, 0.717) is 13.1 Å². The van der Waals surface area contributed by atoms with Crippen molar-refractivity contribution in [3.8, 4) is 0 Å². The number of hydrogen-bond donors (Lipinski definition) is 1. The Bertz CT molecular complexity index is 699. The third-order valence-corrected chi connectivity index (χ3v) is 3.93. The Hall–Kier alpha value is -2.43. The average Bonchev–Trinajstić information content (AvgIpc) is 2.86. The molecular formula is C16H17N3O2. The molecule has 21 heavy (non-hydrogen) atoms. The SMILES string of the molecule is NC(=O)C1CC(=O)N(CCc2cnc3ccccc3c2)C1. The van der Waals surface area contributed by atoms with Gasteiger partial charge in [-0.2, -0.15) is 0 Å². The van der Waals surface area contributed by atoms with Gasteiger partial charge in [0.05, 0.1) is 11.4 Å². The van der Waals surface area contributed by atoms with Gasteiger partial charge < -0.3 is 10.6 Å². The number of para-hydroxylation sites is 1. The highest BCUT2D eigenvalue weighted by molar-refractivity contribution is 5.88. The fourth-order valence-electron chi connectivity index (χ4n) is 2.70. The van der Waals surface area contributed by atoms with Crippen LogP contribution in [0.1, 0.15) is 12.0 Å². The maximum absolute atomic E-state index is 11.8. The highest BCUT2D eigenvalue weighted by atomic mass is 16.2. The molecule has 5 heteroatoms. The molecule has 2 aromatic rings. The molecule has 2 heterocycles. The number of rotatable bonds is 4. The van der Waals surface area contributed by atoms with Gasteiger partial charge in [0.25, 0.3) is 0 Å². The molecule has 1 fully saturated rings. The molecule has 2 N–H and O–H groups in total. The molecule has 0 saturated carbocycles. The zero-order chi connectivity index (χ0) is 14.8. The third-order valence-electron chi connectivity index (χ3n) is 3.93. The Labute approximate surface area is 122 Å². The summed E-state index contributed by atoms with van der Waals surface area (Å²) in [6.07, 6.45) is 2.81. The van der Waals surface area contributed by atoms with Crippen LogP contribution >= 0.6 is 0 Å². The fraction of sp³-hybridized carbons (Fsp3) is 0.312. The van der Waals surface area contributed by atoms with Crippen LogP contribution in [0.5, 0.6) is 0 Å². The van der Waals surface area contributed by atoms with Gasteiger partial charge >= 0.3 is 0 Å². The predicted molar refractivity (Wildman–Crippen MR) is 79.3 cm³/mol. The molecule has 0 aliphatic carbocycles. The van der Waals surface area contributed by atoms with Crippen LogP contribution in [0, 0.1) is 5.92 Å². The number of carbonyl (C=O) groups excluding carboxylic acids is 2. The molecule has 1 atom stereocenters. The molecule has 1 aromatic heterocycles. The highest BCUT2D eigenvalue weighted by Gasteiger charge is 2.32. The minimum atomic E-state index is -0.391. The van der Waals surface area contributed by atoms with Crippen LogP contribution in [-0.4, -0.2) is 34.8 Å². The average molecular weight is 283 g/mol. The van der Waals surface area contributed by atoms with E-state index >= 15 is 0 Å². The van der Waals surface area contributed by atoms with Crippen molar-refractivity contribution in [2.24, 2.45) is 11.7 Å². The molecule has 1 aliphatic rings. The summed E-state index contributed by atoms with van der Waals surface area (Å²) in [6, 6.07) is 10.0. The number of fused-ring (bicyclic) bond motifs is 1. The van der Waals surface area contributed by atoms with E-state index in [9.17, 15) is 9.59 Å². The largest absolute Gasteiger partial charge is 0.369 e. The van der Waals surface area contributed by atoms with Gasteiger partial charge in [-0.3, -0.25) is 14.6 Å². The van der Waals surface area contributed by atoms with Crippen LogP contribution in [-0.2, 0) is 16.0 Å². The third kappa shape index (κ3) is 2.86. The summed E-state index contributed by atoms with van der Waals surface area (Å²) in [5.41, 5.74) is 7.32. The Morgan fingerprint density at radius 3 is 2.95 bits per heavy atom. The normalized spacial score (nSPS) is 18.4. The van der Waals surface area contributed by atoms with Gasteiger partial charge in [0.2, 0.25) is 11.8 Å². The molecule has 1 aromatic carbocycles. The number of carbonyl (C=O) groups is 2. The second kappa shape index (κ2) is 5.52. The lowest BCUT2D eigenvalue weighted by molar-refractivity contribution is -0.128. The predicted octanol–water partition coefficient (Wildman–Crippen LogP) is 1.11. The Kier molecular flexibility index (Phi) is 3.56. The summed E-state index contributed by atoms with van der Waals surface area (Å²) in [6.45, 7) is 1.04. The smallest absolute Gasteiger partial charge is 0.223 e. The molecule has 108 valence electrons. The second-order valence-electron chi connectivity index (χ2n) is 5.43. The van der Waals surface area contributed by atoms with E-state index in [1.54, 1.807) is 4.90 Å². The Morgan fingerprint density at radius 2 is 2.19 bits per heavy atom. The van der Waals surface area contributed by atoms with Gasteiger partial charge in [-0.25, -0.2) is 0 Å². The number of likely N-dealkylation sites (tertiary alicyclic amines) is 1. The minimum Gasteiger partial charge on any atom is -0.369 e. The fourth-order valence-corrected chi connectivity index (χ4v) is 2.70. The van der Waals surface area contributed by atoms with Crippen LogP contribution in [0.4, 0.5) is 0 Å². The quantitative estimate of drug-likeness (QED) is 0.913. The first-order chi connectivity index (χ1) is 10.1. The van der Waals surface area contributed by atoms with E-state index < -0.39 is 5.91 Å². The summed E-state index contributed by atoms with van der Waals surface area (Å²) in [5, 5.41) is 1.10. The van der Waals surface area contributed by atoms with Crippen LogP contribution < -0.4 is 5.73 Å². The van der Waals surface area contributed by atoms with Crippen molar-refractivity contribution in [3.05, 3.63) is 42.1 Å². The van der Waals surface area contributed by atoms with E-state index in [0.717, 1.165) is 22.9 Å². The first kappa shape index (κ1) is 13.5. The van der Waals surface area contributed by atoms with E-state index in [-0.39, 0.29) is 18.2 Å². The molecule has 0 spiro atoms. The number of nitrogens with two attached hydrogens (primary N) is 1. The number of benzene rings is 1. The van der Waals surface area contributed by atoms with Crippen molar-refractivity contribution in [2.75, 3.05) is 13.1 Å². The maximum Gasteiger partial charge on any atom is 0.223 e. The van der Waals surface area contributed by atoms with Gasteiger partial charge in [0, 0.05) is 31.1 Å². The van der Waals surface area contributed by atoms with Crippen LogP contribution in [0.25, 0.3) is 10.9 Å². The summed E-state index contributed by atoms with van der Waals surface area (Å²) < 4.78 is 0. The van der Waals surface area contributed by atoms with Gasteiger partial charge in [0.15, 0.2) is 0 Å². The van der Waals surface area contributed by atoms with E-state index in [4.69, 9.17) is 5.73 Å². The topological polar surface area (TPSA) is 76.3 Å². The van der Waals surface area contributed by atoms with Gasteiger partial charge in [-0.15, -0.1) is 0 Å². The zero-order valence-electron chi connectivity index (χ0n) is 11.7. The summed E-state index contributed by atoms with van der Waals surface area (Å²) in [7, 11) is 0. The van der Waals surface area contributed by atoms with Crippen molar-refractivity contribution in [3.63, 3.8) is 0 Å². The second-order valence-corrected chi connectivity index (χ2v) is 5.43. The molecule has 3 rings (SSSR count). The molecule has 0 radical (unpaired) electrons. The van der Waals surface area contributed by atoms with Gasteiger partial charge in [-0.1, -0.05) is 18.2 Å². The van der Waals surface area contributed by atoms with Crippen molar-refractivity contribution >= 4 is 22.7 Å². The number of primary amides is 1. The first-order valence-corrected chi connectivity index (χ1v) is 7.04. The standard InChI is InChI=1S/C16H17N3O2/c17-16(21)13-8-15(20)19(10-13)6-5-11-7-12-3-1-2-4-14(12)18-9-11/h1-4,7,9,13H,5-6,8,10H2,(H2,17,21). The summed E-state index contributed by atoms with van der Waals surface area (Å²) >= 11 is 0. The number of nitrogens with zero attached hydrogens (tertiary/aromatic N) is 2.